The number of nitrogens with zero attached hydrogens (tertiary/aromatic N) is 3. The Labute approximate surface area is 102 Å². The molecule has 90 valence electrons. The molecule has 0 aliphatic heterocycles. The monoisotopic (exact) mass is 241 g/mol. The second kappa shape index (κ2) is 6.26. The Balaban J connectivity index is 1.69. The van der Waals surface area contributed by atoms with Gasteiger partial charge in [-0.1, -0.05) is 6.42 Å². The van der Waals surface area contributed by atoms with Crippen LogP contribution in [-0.2, 0) is 6.54 Å². The molecule has 0 aromatic carbocycles. The molecule has 0 radical (unpaired) electrons. The van der Waals surface area contributed by atoms with Gasteiger partial charge in [0.2, 0.25) is 0 Å². The highest BCUT2D eigenvalue weighted by Crippen LogP contribution is 2.24. The SMILES string of the molecule is ClCCN(CCCn1ccnc1)C1CCC1. The predicted molar refractivity (Wildman–Crippen MR) is 66.8 cm³/mol. The normalized spacial score (nSPS) is 16.6. The lowest BCUT2D eigenvalue weighted by molar-refractivity contribution is 0.132. The molecular formula is C12H20ClN3. The second-order valence-electron chi connectivity index (χ2n) is 4.46. The average molecular weight is 242 g/mol. The summed E-state index contributed by atoms with van der Waals surface area (Å²) in [6, 6.07) is 0.807. The van der Waals surface area contributed by atoms with Crippen LogP contribution < -0.4 is 0 Å². The third-order valence-electron chi connectivity index (χ3n) is 3.38. The molecule has 1 heterocycles. The maximum absolute atomic E-state index is 5.84. The molecule has 2 rings (SSSR count). The van der Waals surface area contributed by atoms with Gasteiger partial charge in [-0.05, 0) is 19.3 Å². The summed E-state index contributed by atoms with van der Waals surface area (Å²) in [5, 5.41) is 0. The van der Waals surface area contributed by atoms with Gasteiger partial charge >= 0.3 is 0 Å². The molecule has 0 unspecified atom stereocenters. The van der Waals surface area contributed by atoms with E-state index in [0.29, 0.717) is 0 Å². The quantitative estimate of drug-likeness (QED) is 0.684. The Bertz CT molecular complexity index is 282. The molecule has 4 heteroatoms. The second-order valence-corrected chi connectivity index (χ2v) is 4.84. The number of rotatable bonds is 7. The third-order valence-corrected chi connectivity index (χ3v) is 3.55. The topological polar surface area (TPSA) is 21.1 Å². The smallest absolute Gasteiger partial charge is 0.0945 e. The summed E-state index contributed by atoms with van der Waals surface area (Å²) in [6.45, 7) is 3.26. The first-order valence-electron chi connectivity index (χ1n) is 6.16. The van der Waals surface area contributed by atoms with E-state index in [-0.39, 0.29) is 0 Å². The van der Waals surface area contributed by atoms with Gasteiger partial charge in [0.15, 0.2) is 0 Å². The first-order valence-corrected chi connectivity index (χ1v) is 6.69. The molecule has 1 fully saturated rings. The molecule has 0 spiro atoms. The lowest BCUT2D eigenvalue weighted by atomic mass is 9.91. The zero-order valence-corrected chi connectivity index (χ0v) is 10.4. The van der Waals surface area contributed by atoms with Gasteiger partial charge in [-0.15, -0.1) is 11.6 Å². The highest BCUT2D eigenvalue weighted by Gasteiger charge is 2.23. The standard InChI is InChI=1S/C12H20ClN3/c13-5-9-16(12-3-1-4-12)8-2-7-15-10-6-14-11-15/h6,10-12H,1-5,7-9H2. The number of halogens is 1. The van der Waals surface area contributed by atoms with Crippen molar-refractivity contribution in [2.24, 2.45) is 0 Å². The van der Waals surface area contributed by atoms with Crippen LogP contribution in [0, 0.1) is 0 Å². The Morgan fingerprint density at radius 3 is 2.81 bits per heavy atom. The van der Waals surface area contributed by atoms with Gasteiger partial charge in [-0.2, -0.15) is 0 Å². The molecule has 1 aliphatic carbocycles. The van der Waals surface area contributed by atoms with Crippen molar-refractivity contribution < 1.29 is 0 Å². The van der Waals surface area contributed by atoms with Crippen LogP contribution in [0.2, 0.25) is 0 Å². The molecule has 0 amide bonds. The van der Waals surface area contributed by atoms with E-state index in [0.717, 1.165) is 31.6 Å². The molecule has 0 saturated heterocycles. The summed E-state index contributed by atoms with van der Waals surface area (Å²) < 4.78 is 2.14. The lowest BCUT2D eigenvalue weighted by Gasteiger charge is -2.37. The Hall–Kier alpha value is -0.540. The third kappa shape index (κ3) is 3.22. The maximum Gasteiger partial charge on any atom is 0.0945 e. The molecule has 3 nitrogen and oxygen atoms in total. The fourth-order valence-corrected chi connectivity index (χ4v) is 2.43. The molecular weight excluding hydrogens is 222 g/mol. The molecule has 1 aromatic heterocycles. The fraction of sp³-hybridized carbons (Fsp3) is 0.750. The van der Waals surface area contributed by atoms with Crippen molar-refractivity contribution in [2.45, 2.75) is 38.3 Å². The van der Waals surface area contributed by atoms with Gasteiger partial charge in [0.25, 0.3) is 0 Å². The van der Waals surface area contributed by atoms with Gasteiger partial charge in [0.1, 0.15) is 0 Å². The number of hydrogen-bond acceptors (Lipinski definition) is 2. The minimum atomic E-state index is 0.752. The number of aromatic nitrogens is 2. The van der Waals surface area contributed by atoms with Gasteiger partial charge in [-0.3, -0.25) is 4.90 Å². The summed E-state index contributed by atoms with van der Waals surface area (Å²) in [7, 11) is 0. The van der Waals surface area contributed by atoms with E-state index in [9.17, 15) is 0 Å². The molecule has 16 heavy (non-hydrogen) atoms. The molecule has 1 aromatic rings. The minimum absolute atomic E-state index is 0.752. The summed E-state index contributed by atoms with van der Waals surface area (Å²) in [5.41, 5.74) is 0. The van der Waals surface area contributed by atoms with Crippen LogP contribution >= 0.6 is 11.6 Å². The van der Waals surface area contributed by atoms with E-state index >= 15 is 0 Å². The summed E-state index contributed by atoms with van der Waals surface area (Å²) in [6.07, 6.45) is 11.0. The van der Waals surface area contributed by atoms with Crippen LogP contribution in [0.25, 0.3) is 0 Å². The zero-order valence-electron chi connectivity index (χ0n) is 9.69. The Kier molecular flexibility index (Phi) is 4.67. The van der Waals surface area contributed by atoms with Crippen molar-refractivity contribution in [1.82, 2.24) is 14.5 Å². The molecule has 1 saturated carbocycles. The average Bonchev–Trinajstić information content (AvgIpc) is 2.68. The van der Waals surface area contributed by atoms with Crippen molar-refractivity contribution in [1.29, 1.82) is 0 Å². The van der Waals surface area contributed by atoms with Crippen LogP contribution in [0.15, 0.2) is 18.7 Å². The van der Waals surface area contributed by atoms with Crippen LogP contribution in [-0.4, -0.2) is 39.5 Å². The van der Waals surface area contributed by atoms with Gasteiger partial charge in [0, 0.05) is 43.9 Å². The minimum Gasteiger partial charge on any atom is -0.337 e. The van der Waals surface area contributed by atoms with Crippen molar-refractivity contribution in [3.05, 3.63) is 18.7 Å². The van der Waals surface area contributed by atoms with Crippen LogP contribution in [0.5, 0.6) is 0 Å². The van der Waals surface area contributed by atoms with E-state index in [4.69, 9.17) is 11.6 Å². The Morgan fingerprint density at radius 1 is 1.38 bits per heavy atom. The van der Waals surface area contributed by atoms with E-state index in [1.165, 1.54) is 25.7 Å². The van der Waals surface area contributed by atoms with Crippen LogP contribution in [0.1, 0.15) is 25.7 Å². The number of imidazole rings is 1. The molecule has 0 bridgehead atoms. The highest BCUT2D eigenvalue weighted by atomic mass is 35.5. The van der Waals surface area contributed by atoms with Crippen molar-refractivity contribution in [3.63, 3.8) is 0 Å². The molecule has 0 N–H and O–H groups in total. The molecule has 0 atom stereocenters. The summed E-state index contributed by atoms with van der Waals surface area (Å²) in [4.78, 5) is 6.60. The lowest BCUT2D eigenvalue weighted by Crippen LogP contribution is -2.42. The van der Waals surface area contributed by atoms with E-state index in [1.807, 2.05) is 18.7 Å². The number of hydrogen-bond donors (Lipinski definition) is 0. The van der Waals surface area contributed by atoms with Gasteiger partial charge in [-0.25, -0.2) is 4.98 Å². The summed E-state index contributed by atoms with van der Waals surface area (Å²) >= 11 is 5.84. The van der Waals surface area contributed by atoms with Gasteiger partial charge < -0.3 is 4.57 Å². The van der Waals surface area contributed by atoms with E-state index in [1.54, 1.807) is 0 Å². The summed E-state index contributed by atoms with van der Waals surface area (Å²) in [5.74, 6) is 0.752. The van der Waals surface area contributed by atoms with Crippen molar-refractivity contribution in [3.8, 4) is 0 Å². The first-order chi connectivity index (χ1) is 7.90. The maximum atomic E-state index is 5.84. The molecule has 1 aliphatic rings. The van der Waals surface area contributed by atoms with Crippen LogP contribution in [0.4, 0.5) is 0 Å². The zero-order chi connectivity index (χ0) is 11.2. The van der Waals surface area contributed by atoms with E-state index in [2.05, 4.69) is 14.5 Å². The van der Waals surface area contributed by atoms with E-state index < -0.39 is 0 Å². The fourth-order valence-electron chi connectivity index (χ4n) is 2.21. The number of aryl methyl sites for hydroxylation is 1. The predicted octanol–water partition coefficient (Wildman–Crippen LogP) is 2.37. The number of alkyl halides is 1. The van der Waals surface area contributed by atoms with Crippen LogP contribution in [0.3, 0.4) is 0 Å². The largest absolute Gasteiger partial charge is 0.337 e. The van der Waals surface area contributed by atoms with Crippen molar-refractivity contribution in [2.75, 3.05) is 19.0 Å². The highest BCUT2D eigenvalue weighted by molar-refractivity contribution is 6.18. The van der Waals surface area contributed by atoms with Crippen molar-refractivity contribution >= 4 is 11.6 Å². The first kappa shape index (κ1) is 11.9. The Morgan fingerprint density at radius 2 is 2.25 bits per heavy atom. The van der Waals surface area contributed by atoms with Gasteiger partial charge in [0.05, 0.1) is 6.33 Å².